The van der Waals surface area contributed by atoms with Crippen LogP contribution < -0.4 is 10.5 Å². The van der Waals surface area contributed by atoms with Gasteiger partial charge in [0.2, 0.25) is 0 Å². The Morgan fingerprint density at radius 2 is 1.88 bits per heavy atom. The van der Waals surface area contributed by atoms with E-state index in [-0.39, 0.29) is 18.4 Å². The standard InChI is InChI=1S/C14H21NO.ClH/c1-5-6-7-13(15)12-8-10(2)14(16-4)11(3)9-12;/h5,8-9,13H,1,6-7,15H2,2-4H3;1H/t13-;/m1./s1. The molecule has 0 aliphatic heterocycles. The Morgan fingerprint density at radius 1 is 1.35 bits per heavy atom. The van der Waals surface area contributed by atoms with E-state index in [9.17, 15) is 0 Å². The zero-order valence-corrected chi connectivity index (χ0v) is 11.6. The third-order valence-electron chi connectivity index (χ3n) is 2.80. The molecular formula is C14H22ClNO. The van der Waals surface area contributed by atoms with Gasteiger partial charge in [0, 0.05) is 6.04 Å². The Bertz CT molecular complexity index is 353. The Balaban J connectivity index is 0.00000256. The van der Waals surface area contributed by atoms with Crippen LogP contribution in [-0.2, 0) is 0 Å². The zero-order chi connectivity index (χ0) is 12.1. The van der Waals surface area contributed by atoms with Crippen LogP contribution in [0.3, 0.4) is 0 Å². The number of rotatable bonds is 5. The van der Waals surface area contributed by atoms with Crippen LogP contribution in [0.4, 0.5) is 0 Å². The first-order valence-corrected chi connectivity index (χ1v) is 5.61. The lowest BCUT2D eigenvalue weighted by molar-refractivity contribution is 0.408. The predicted octanol–water partition coefficient (Wildman–Crippen LogP) is 3.70. The first-order valence-electron chi connectivity index (χ1n) is 5.61. The second-order valence-corrected chi connectivity index (χ2v) is 4.16. The molecule has 0 fully saturated rings. The number of nitrogens with two attached hydrogens (primary N) is 1. The van der Waals surface area contributed by atoms with Crippen molar-refractivity contribution < 1.29 is 4.74 Å². The fourth-order valence-corrected chi connectivity index (χ4v) is 1.98. The van der Waals surface area contributed by atoms with Crippen molar-refractivity contribution in [3.8, 4) is 5.75 Å². The molecule has 0 saturated carbocycles. The molecule has 1 rings (SSSR count). The lowest BCUT2D eigenvalue weighted by Crippen LogP contribution is -2.10. The van der Waals surface area contributed by atoms with Gasteiger partial charge in [-0.15, -0.1) is 19.0 Å². The second-order valence-electron chi connectivity index (χ2n) is 4.16. The van der Waals surface area contributed by atoms with Crippen LogP contribution in [0.15, 0.2) is 24.8 Å². The summed E-state index contributed by atoms with van der Waals surface area (Å²) in [5.74, 6) is 0.958. The van der Waals surface area contributed by atoms with Gasteiger partial charge in [0.15, 0.2) is 0 Å². The van der Waals surface area contributed by atoms with Gasteiger partial charge < -0.3 is 10.5 Å². The van der Waals surface area contributed by atoms with Gasteiger partial charge in [0.1, 0.15) is 5.75 Å². The molecule has 0 bridgehead atoms. The van der Waals surface area contributed by atoms with Gasteiger partial charge in [-0.1, -0.05) is 18.2 Å². The fraction of sp³-hybridized carbons (Fsp3) is 0.429. The minimum Gasteiger partial charge on any atom is -0.496 e. The van der Waals surface area contributed by atoms with Crippen molar-refractivity contribution in [2.24, 2.45) is 5.73 Å². The molecule has 96 valence electrons. The molecule has 3 heteroatoms. The van der Waals surface area contributed by atoms with Crippen molar-refractivity contribution in [2.45, 2.75) is 32.7 Å². The summed E-state index contributed by atoms with van der Waals surface area (Å²) in [6.07, 6.45) is 3.79. The predicted molar refractivity (Wildman–Crippen MR) is 76.1 cm³/mol. The third kappa shape index (κ3) is 4.06. The highest BCUT2D eigenvalue weighted by molar-refractivity contribution is 5.85. The molecule has 1 aromatic rings. The highest BCUT2D eigenvalue weighted by atomic mass is 35.5. The molecule has 2 nitrogen and oxygen atoms in total. The SMILES string of the molecule is C=CCC[C@@H](N)c1cc(C)c(OC)c(C)c1.Cl. The lowest BCUT2D eigenvalue weighted by atomic mass is 9.98. The molecule has 0 aliphatic carbocycles. The van der Waals surface area contributed by atoms with E-state index in [0.717, 1.165) is 29.7 Å². The topological polar surface area (TPSA) is 35.2 Å². The summed E-state index contributed by atoms with van der Waals surface area (Å²) >= 11 is 0. The van der Waals surface area contributed by atoms with Gasteiger partial charge in [-0.2, -0.15) is 0 Å². The Kier molecular flexibility index (Phi) is 6.93. The number of hydrogen-bond acceptors (Lipinski definition) is 2. The summed E-state index contributed by atoms with van der Waals surface area (Å²) in [5, 5.41) is 0. The van der Waals surface area contributed by atoms with Crippen LogP contribution in [0, 0.1) is 13.8 Å². The summed E-state index contributed by atoms with van der Waals surface area (Å²) < 4.78 is 5.33. The highest BCUT2D eigenvalue weighted by Gasteiger charge is 2.10. The third-order valence-corrected chi connectivity index (χ3v) is 2.80. The van der Waals surface area contributed by atoms with E-state index in [1.54, 1.807) is 7.11 Å². The van der Waals surface area contributed by atoms with Crippen molar-refractivity contribution in [3.05, 3.63) is 41.5 Å². The smallest absolute Gasteiger partial charge is 0.124 e. The number of methoxy groups -OCH3 is 1. The Labute approximate surface area is 110 Å². The van der Waals surface area contributed by atoms with Crippen molar-refractivity contribution in [3.63, 3.8) is 0 Å². The second kappa shape index (κ2) is 7.36. The molecule has 0 aliphatic rings. The number of halogens is 1. The van der Waals surface area contributed by atoms with E-state index in [2.05, 4.69) is 32.6 Å². The van der Waals surface area contributed by atoms with Gasteiger partial charge >= 0.3 is 0 Å². The summed E-state index contributed by atoms with van der Waals surface area (Å²) in [6, 6.07) is 4.31. The molecule has 2 N–H and O–H groups in total. The zero-order valence-electron chi connectivity index (χ0n) is 10.8. The van der Waals surface area contributed by atoms with Crippen LogP contribution in [0.2, 0.25) is 0 Å². The first-order chi connectivity index (χ1) is 7.60. The maximum Gasteiger partial charge on any atom is 0.124 e. The van der Waals surface area contributed by atoms with E-state index >= 15 is 0 Å². The van der Waals surface area contributed by atoms with E-state index < -0.39 is 0 Å². The van der Waals surface area contributed by atoms with Crippen LogP contribution in [0.25, 0.3) is 0 Å². The number of ether oxygens (including phenoxy) is 1. The van der Waals surface area contributed by atoms with Gasteiger partial charge in [0.05, 0.1) is 7.11 Å². The number of allylic oxidation sites excluding steroid dienone is 1. The molecule has 1 aromatic carbocycles. The average molecular weight is 256 g/mol. The molecule has 0 unspecified atom stereocenters. The van der Waals surface area contributed by atoms with Gasteiger partial charge in [-0.3, -0.25) is 0 Å². The van der Waals surface area contributed by atoms with Crippen LogP contribution in [-0.4, -0.2) is 7.11 Å². The van der Waals surface area contributed by atoms with Gasteiger partial charge in [-0.25, -0.2) is 0 Å². The van der Waals surface area contributed by atoms with E-state index in [1.165, 1.54) is 5.56 Å². The molecule has 0 radical (unpaired) electrons. The van der Waals surface area contributed by atoms with Crippen LogP contribution >= 0.6 is 12.4 Å². The summed E-state index contributed by atoms with van der Waals surface area (Å²) in [5.41, 5.74) is 9.59. The average Bonchev–Trinajstić information content (AvgIpc) is 2.25. The van der Waals surface area contributed by atoms with Crippen LogP contribution in [0.5, 0.6) is 5.75 Å². The van der Waals surface area contributed by atoms with E-state index in [4.69, 9.17) is 10.5 Å². The lowest BCUT2D eigenvalue weighted by Gasteiger charge is -2.15. The molecule has 0 spiro atoms. The van der Waals surface area contributed by atoms with Crippen molar-refractivity contribution in [1.82, 2.24) is 0 Å². The summed E-state index contributed by atoms with van der Waals surface area (Å²) in [4.78, 5) is 0. The molecule has 0 aromatic heterocycles. The largest absolute Gasteiger partial charge is 0.496 e. The molecular weight excluding hydrogens is 234 g/mol. The first kappa shape index (κ1) is 16.0. The number of hydrogen-bond donors (Lipinski definition) is 1. The van der Waals surface area contributed by atoms with E-state index in [0.29, 0.717) is 0 Å². The minimum absolute atomic E-state index is 0. The van der Waals surface area contributed by atoms with Gasteiger partial charge in [-0.05, 0) is 43.4 Å². The molecule has 0 heterocycles. The fourth-order valence-electron chi connectivity index (χ4n) is 1.98. The normalized spacial score (nSPS) is 11.5. The minimum atomic E-state index is 0. The summed E-state index contributed by atoms with van der Waals surface area (Å²) in [7, 11) is 1.70. The van der Waals surface area contributed by atoms with Crippen molar-refractivity contribution in [2.75, 3.05) is 7.11 Å². The van der Waals surface area contributed by atoms with E-state index in [1.807, 2.05) is 6.08 Å². The number of aryl methyl sites for hydroxylation is 2. The molecule has 1 atom stereocenters. The van der Waals surface area contributed by atoms with Crippen LogP contribution in [0.1, 0.15) is 35.6 Å². The van der Waals surface area contributed by atoms with Gasteiger partial charge in [0.25, 0.3) is 0 Å². The maximum absolute atomic E-state index is 6.12. The Morgan fingerprint density at radius 3 is 2.29 bits per heavy atom. The molecule has 0 amide bonds. The molecule has 0 saturated heterocycles. The highest BCUT2D eigenvalue weighted by Crippen LogP contribution is 2.27. The maximum atomic E-state index is 6.12. The van der Waals surface area contributed by atoms with Crippen molar-refractivity contribution in [1.29, 1.82) is 0 Å². The summed E-state index contributed by atoms with van der Waals surface area (Å²) in [6.45, 7) is 7.82. The number of benzene rings is 1. The quantitative estimate of drug-likeness (QED) is 0.815. The monoisotopic (exact) mass is 255 g/mol. The molecule has 17 heavy (non-hydrogen) atoms. The van der Waals surface area contributed by atoms with Crippen molar-refractivity contribution >= 4 is 12.4 Å². The Hall–Kier alpha value is -0.990.